The zero-order valence-electron chi connectivity index (χ0n) is 12.5. The Morgan fingerprint density at radius 2 is 1.74 bits per heavy atom. The van der Waals surface area contributed by atoms with E-state index in [0.29, 0.717) is 11.1 Å². The Hall–Kier alpha value is -2.67. The van der Waals surface area contributed by atoms with Crippen molar-refractivity contribution in [2.45, 2.75) is 18.7 Å². The number of carbonyl (C=O) groups excluding carboxylic acids is 1. The van der Waals surface area contributed by atoms with Crippen LogP contribution in [0.5, 0.6) is 0 Å². The molecule has 0 saturated carbocycles. The maximum atomic E-state index is 12.4. The fraction of sp³-hybridized carbons (Fsp3) is 0.125. The van der Waals surface area contributed by atoms with Crippen LogP contribution in [0.15, 0.2) is 47.4 Å². The quantitative estimate of drug-likeness (QED) is 0.819. The average molecular weight is 333 g/mol. The molecule has 0 atom stereocenters. The Bertz CT molecular complexity index is 887. The van der Waals surface area contributed by atoms with Crippen molar-refractivity contribution in [2.24, 2.45) is 0 Å². The van der Waals surface area contributed by atoms with E-state index in [9.17, 15) is 18.0 Å². The molecular weight excluding hydrogens is 318 g/mol. The molecule has 23 heavy (non-hydrogen) atoms. The van der Waals surface area contributed by atoms with Gasteiger partial charge in [-0.05, 0) is 43.7 Å². The van der Waals surface area contributed by atoms with Gasteiger partial charge < -0.3 is 5.11 Å². The van der Waals surface area contributed by atoms with Gasteiger partial charge in [-0.1, -0.05) is 18.2 Å². The molecule has 120 valence electrons. The lowest BCUT2D eigenvalue weighted by Crippen LogP contribution is -2.15. The van der Waals surface area contributed by atoms with Crippen molar-refractivity contribution in [3.05, 3.63) is 59.2 Å². The molecule has 2 rings (SSSR count). The van der Waals surface area contributed by atoms with Gasteiger partial charge in [0.25, 0.3) is 10.0 Å². The molecule has 0 bridgehead atoms. The van der Waals surface area contributed by atoms with Crippen molar-refractivity contribution in [1.29, 1.82) is 0 Å². The minimum atomic E-state index is -3.96. The van der Waals surface area contributed by atoms with Gasteiger partial charge in [0, 0.05) is 5.56 Å². The Balaban J connectivity index is 2.42. The van der Waals surface area contributed by atoms with Crippen molar-refractivity contribution >= 4 is 27.5 Å². The van der Waals surface area contributed by atoms with E-state index in [4.69, 9.17) is 5.11 Å². The van der Waals surface area contributed by atoms with Gasteiger partial charge in [0.2, 0.25) is 0 Å². The molecule has 0 unspecified atom stereocenters. The van der Waals surface area contributed by atoms with Gasteiger partial charge in [-0.2, -0.15) is 0 Å². The van der Waals surface area contributed by atoms with Gasteiger partial charge in [-0.15, -0.1) is 0 Å². The van der Waals surface area contributed by atoms with E-state index in [0.717, 1.165) is 6.07 Å². The van der Waals surface area contributed by atoms with Crippen LogP contribution in [0.2, 0.25) is 0 Å². The smallest absolute Gasteiger partial charge is 0.335 e. The maximum absolute atomic E-state index is 12.4. The molecule has 2 aromatic rings. The van der Waals surface area contributed by atoms with Gasteiger partial charge in [0.1, 0.15) is 0 Å². The molecule has 2 N–H and O–H groups in total. The second-order valence-corrected chi connectivity index (χ2v) is 6.71. The van der Waals surface area contributed by atoms with Gasteiger partial charge in [0.15, 0.2) is 5.78 Å². The van der Waals surface area contributed by atoms with Crippen LogP contribution in [0.3, 0.4) is 0 Å². The Morgan fingerprint density at radius 3 is 2.35 bits per heavy atom. The topological polar surface area (TPSA) is 101 Å². The SMILES string of the molecule is CC(=O)c1ccc(C)c(NS(=O)(=O)c2cccc(C(=O)O)c2)c1. The Kier molecular flexibility index (Phi) is 4.51. The van der Waals surface area contributed by atoms with Crippen molar-refractivity contribution < 1.29 is 23.1 Å². The van der Waals surface area contributed by atoms with Crippen molar-refractivity contribution in [3.63, 3.8) is 0 Å². The van der Waals surface area contributed by atoms with Gasteiger partial charge in [-0.3, -0.25) is 9.52 Å². The fourth-order valence-corrected chi connectivity index (χ4v) is 3.12. The van der Waals surface area contributed by atoms with E-state index in [2.05, 4.69) is 4.72 Å². The number of carboxylic acid groups (broad SMARTS) is 1. The predicted molar refractivity (Wildman–Crippen MR) is 85.4 cm³/mol. The summed E-state index contributed by atoms with van der Waals surface area (Å²) < 4.78 is 27.2. The van der Waals surface area contributed by atoms with Crippen LogP contribution in [0.1, 0.15) is 33.2 Å². The molecule has 6 nitrogen and oxygen atoms in total. The molecule has 0 aliphatic rings. The van der Waals surface area contributed by atoms with E-state index >= 15 is 0 Å². The number of aryl methyl sites for hydroxylation is 1. The summed E-state index contributed by atoms with van der Waals surface area (Å²) in [5.41, 5.74) is 1.18. The first-order valence-corrected chi connectivity index (χ1v) is 8.17. The van der Waals surface area contributed by atoms with Gasteiger partial charge in [0.05, 0.1) is 16.1 Å². The molecule has 0 saturated heterocycles. The first kappa shape index (κ1) is 16.7. The van der Waals surface area contributed by atoms with E-state index in [1.807, 2.05) is 0 Å². The number of Topliss-reactive ketones (excluding diaryl/α,β-unsaturated/α-hetero) is 1. The number of hydrogen-bond donors (Lipinski definition) is 2. The molecule has 0 heterocycles. The first-order chi connectivity index (χ1) is 10.7. The maximum Gasteiger partial charge on any atom is 0.335 e. The van der Waals surface area contributed by atoms with E-state index in [1.54, 1.807) is 19.1 Å². The highest BCUT2D eigenvalue weighted by Gasteiger charge is 2.17. The van der Waals surface area contributed by atoms with Crippen LogP contribution >= 0.6 is 0 Å². The predicted octanol–water partition coefficient (Wildman–Crippen LogP) is 2.70. The molecule has 0 aromatic heterocycles. The summed E-state index contributed by atoms with van der Waals surface area (Å²) >= 11 is 0. The number of sulfonamides is 1. The largest absolute Gasteiger partial charge is 0.478 e. The van der Waals surface area contributed by atoms with Crippen molar-refractivity contribution in [3.8, 4) is 0 Å². The van der Waals surface area contributed by atoms with Crippen molar-refractivity contribution in [2.75, 3.05) is 4.72 Å². The third-order valence-electron chi connectivity index (χ3n) is 3.28. The lowest BCUT2D eigenvalue weighted by molar-refractivity contribution is 0.0696. The number of carbonyl (C=O) groups is 2. The van der Waals surface area contributed by atoms with Crippen LogP contribution in [-0.4, -0.2) is 25.3 Å². The average Bonchev–Trinajstić information content (AvgIpc) is 2.49. The summed E-state index contributed by atoms with van der Waals surface area (Å²) in [4.78, 5) is 22.2. The van der Waals surface area contributed by atoms with E-state index < -0.39 is 16.0 Å². The third-order valence-corrected chi connectivity index (χ3v) is 4.64. The van der Waals surface area contributed by atoms with Crippen LogP contribution in [0.25, 0.3) is 0 Å². The fourth-order valence-electron chi connectivity index (χ4n) is 1.95. The highest BCUT2D eigenvalue weighted by atomic mass is 32.2. The Labute approximate surface area is 133 Å². The molecule has 7 heteroatoms. The minimum absolute atomic E-state index is 0.123. The second-order valence-electron chi connectivity index (χ2n) is 5.02. The minimum Gasteiger partial charge on any atom is -0.478 e. The Morgan fingerprint density at radius 1 is 1.04 bits per heavy atom. The van der Waals surface area contributed by atoms with Gasteiger partial charge in [-0.25, -0.2) is 13.2 Å². The van der Waals surface area contributed by atoms with Crippen LogP contribution < -0.4 is 4.72 Å². The highest BCUT2D eigenvalue weighted by Crippen LogP contribution is 2.22. The van der Waals surface area contributed by atoms with Crippen LogP contribution in [0, 0.1) is 6.92 Å². The summed E-state index contributed by atoms with van der Waals surface area (Å²) in [6.07, 6.45) is 0. The zero-order valence-corrected chi connectivity index (χ0v) is 13.3. The van der Waals surface area contributed by atoms with Gasteiger partial charge >= 0.3 is 5.97 Å². The number of hydrogen-bond acceptors (Lipinski definition) is 4. The summed E-state index contributed by atoms with van der Waals surface area (Å²) in [7, 11) is -3.96. The molecule has 0 amide bonds. The number of rotatable bonds is 5. The molecule has 0 aliphatic carbocycles. The molecule has 0 spiro atoms. The normalized spacial score (nSPS) is 11.0. The highest BCUT2D eigenvalue weighted by molar-refractivity contribution is 7.92. The molecule has 2 aromatic carbocycles. The zero-order chi connectivity index (χ0) is 17.2. The summed E-state index contributed by atoms with van der Waals surface area (Å²) in [6.45, 7) is 3.09. The number of ketones is 1. The molecule has 0 fully saturated rings. The number of aromatic carboxylic acids is 1. The summed E-state index contributed by atoms with van der Waals surface area (Å²) in [5.74, 6) is -1.39. The number of nitrogens with one attached hydrogen (secondary N) is 1. The lowest BCUT2D eigenvalue weighted by atomic mass is 10.1. The first-order valence-electron chi connectivity index (χ1n) is 6.68. The molecule has 0 aliphatic heterocycles. The molecule has 0 radical (unpaired) electrons. The monoisotopic (exact) mass is 333 g/mol. The summed E-state index contributed by atoms with van der Waals surface area (Å²) in [6, 6.07) is 9.76. The molecular formula is C16H15NO5S. The number of benzene rings is 2. The van der Waals surface area contributed by atoms with Crippen LogP contribution in [-0.2, 0) is 10.0 Å². The van der Waals surface area contributed by atoms with Crippen LogP contribution in [0.4, 0.5) is 5.69 Å². The van der Waals surface area contributed by atoms with Crippen molar-refractivity contribution in [1.82, 2.24) is 0 Å². The standard InChI is InChI=1S/C16H15NO5S/c1-10-6-7-12(11(2)18)9-15(10)17-23(21,22)14-5-3-4-13(8-14)16(19)20/h3-9,17H,1-2H3,(H,19,20). The number of carboxylic acids is 1. The van der Waals surface area contributed by atoms with E-state index in [1.165, 1.54) is 31.2 Å². The third kappa shape index (κ3) is 3.75. The summed E-state index contributed by atoms with van der Waals surface area (Å²) in [5, 5.41) is 8.95. The number of anilines is 1. The van der Waals surface area contributed by atoms with E-state index in [-0.39, 0.29) is 21.9 Å². The second kappa shape index (κ2) is 6.21. The lowest BCUT2D eigenvalue weighted by Gasteiger charge is -2.12.